The van der Waals surface area contributed by atoms with E-state index >= 15 is 0 Å². The fourth-order valence-corrected chi connectivity index (χ4v) is 8.50. The SMILES string of the molecule is [2H]c1c([2H])c([2H])c(-c2cccc(-c3cc(C(C)(C)C)cc(C(C)(C)C)c3)c2-[n+]2[c-]n(-c3[c-]c(Oc4[c-]c5c(cc4)c4ccccc4n5-c4cc(C([2H])([2H])C(C)(C)C)ccn4)ccc3)c3cccnc32)c([2H])c1[2H].[Pt]. The molecule has 10 rings (SSSR count). The summed E-state index contributed by atoms with van der Waals surface area (Å²) in [6, 6.07) is 42.1. The van der Waals surface area contributed by atoms with Crippen LogP contribution < -0.4 is 9.30 Å². The van der Waals surface area contributed by atoms with Crippen LogP contribution in [0.5, 0.6) is 11.5 Å². The number of nitrogens with zero attached hydrogens (tertiary/aromatic N) is 5. The van der Waals surface area contributed by atoms with Gasteiger partial charge in [0.1, 0.15) is 5.82 Å². The molecule has 0 amide bonds. The first-order chi connectivity index (χ1) is 34.4. The molecule has 10 aromatic rings. The zero-order valence-corrected chi connectivity index (χ0v) is 41.4. The summed E-state index contributed by atoms with van der Waals surface area (Å²) in [5, 5.41) is 1.92. The first-order valence-electron chi connectivity index (χ1n) is 25.7. The third-order valence-corrected chi connectivity index (χ3v) is 11.7. The summed E-state index contributed by atoms with van der Waals surface area (Å²) in [4.78, 5) is 9.67. The minimum atomic E-state index is -1.63. The maximum absolute atomic E-state index is 9.18. The second-order valence-electron chi connectivity index (χ2n) is 19.8. The van der Waals surface area contributed by atoms with E-state index in [9.17, 15) is 2.74 Å². The average Bonchev–Trinajstić information content (AvgIpc) is 3.90. The van der Waals surface area contributed by atoms with Crippen LogP contribution in [0.1, 0.15) is 88.6 Å². The topological polar surface area (TPSA) is 48.8 Å². The number of hydrogen-bond acceptors (Lipinski definition) is 3. The molecule has 0 fully saturated rings. The van der Waals surface area contributed by atoms with E-state index in [4.69, 9.17) is 21.6 Å². The molecule has 0 saturated heterocycles. The zero-order valence-electron chi connectivity index (χ0n) is 46.1. The Bertz CT molecular complexity index is 3780. The fourth-order valence-electron chi connectivity index (χ4n) is 8.50. The van der Waals surface area contributed by atoms with Crippen molar-refractivity contribution in [3.63, 3.8) is 0 Å². The van der Waals surface area contributed by atoms with Gasteiger partial charge in [-0.3, -0.25) is 4.57 Å². The quantitative estimate of drug-likeness (QED) is 0.113. The van der Waals surface area contributed by atoms with Gasteiger partial charge in [0.05, 0.1) is 24.3 Å². The molecule has 6 aromatic carbocycles. The van der Waals surface area contributed by atoms with Crippen molar-refractivity contribution in [3.05, 3.63) is 193 Å². The van der Waals surface area contributed by atoms with Gasteiger partial charge in [0, 0.05) is 47.0 Å². The molecular formula is C60H55N5OPt-2. The van der Waals surface area contributed by atoms with Gasteiger partial charge in [0.2, 0.25) is 5.65 Å². The minimum absolute atomic E-state index is 0. The first kappa shape index (κ1) is 37.5. The van der Waals surface area contributed by atoms with Crippen molar-refractivity contribution in [2.45, 2.75) is 79.5 Å². The Kier molecular flexibility index (Phi) is 9.81. The molecule has 0 radical (unpaired) electrons. The summed E-state index contributed by atoms with van der Waals surface area (Å²) in [5.74, 6) is 1.38. The van der Waals surface area contributed by atoms with Crippen LogP contribution in [0, 0.1) is 23.9 Å². The van der Waals surface area contributed by atoms with Crippen molar-refractivity contribution in [2.24, 2.45) is 5.41 Å². The number of pyridine rings is 2. The van der Waals surface area contributed by atoms with E-state index in [0.29, 0.717) is 56.5 Å². The van der Waals surface area contributed by atoms with Gasteiger partial charge in [-0.05, 0) is 91.2 Å². The molecule has 0 saturated carbocycles. The smallest absolute Gasteiger partial charge is 0.207 e. The van der Waals surface area contributed by atoms with E-state index in [0.717, 1.165) is 38.5 Å². The largest absolute Gasteiger partial charge is 0.510 e. The number of fused-ring (bicyclic) bond motifs is 4. The van der Waals surface area contributed by atoms with Gasteiger partial charge < -0.3 is 13.9 Å². The van der Waals surface area contributed by atoms with E-state index in [1.165, 1.54) is 0 Å². The monoisotopic (exact) mass is 1060 g/mol. The minimum Gasteiger partial charge on any atom is -0.510 e. The number of imidazole rings is 1. The molecule has 4 heterocycles. The van der Waals surface area contributed by atoms with Crippen LogP contribution in [0.25, 0.3) is 72.4 Å². The van der Waals surface area contributed by atoms with Gasteiger partial charge in [-0.2, -0.15) is 23.2 Å². The molecule has 0 bridgehead atoms. The third kappa shape index (κ3) is 9.00. The Morgan fingerprint density at radius 2 is 1.33 bits per heavy atom. The van der Waals surface area contributed by atoms with Crippen molar-refractivity contribution >= 4 is 33.0 Å². The molecule has 0 unspecified atom stereocenters. The van der Waals surface area contributed by atoms with Crippen LogP contribution in [-0.2, 0) is 38.3 Å². The van der Waals surface area contributed by atoms with E-state index < -0.39 is 29.9 Å². The van der Waals surface area contributed by atoms with E-state index in [1.54, 1.807) is 24.5 Å². The first-order valence-corrected chi connectivity index (χ1v) is 22.2. The molecule has 0 atom stereocenters. The Hall–Kier alpha value is -6.62. The molecule has 0 aliphatic heterocycles. The summed E-state index contributed by atoms with van der Waals surface area (Å²) in [5.41, 5.74) is 7.70. The molecule has 0 aliphatic carbocycles. The zero-order chi connectivity index (χ0) is 52.1. The Balaban J connectivity index is 0.00000672. The number of aromatic nitrogens is 5. The normalized spacial score (nSPS) is 13.9. The summed E-state index contributed by atoms with van der Waals surface area (Å²) < 4.78 is 74.5. The van der Waals surface area contributed by atoms with Crippen LogP contribution in [0.3, 0.4) is 0 Å². The second-order valence-corrected chi connectivity index (χ2v) is 19.8. The van der Waals surface area contributed by atoms with Gasteiger partial charge in [0.25, 0.3) is 0 Å². The fraction of sp³-hybridized carbons (Fsp3) is 0.217. The number of benzene rings is 6. The summed E-state index contributed by atoms with van der Waals surface area (Å²) in [7, 11) is 0. The molecule has 67 heavy (non-hydrogen) atoms. The van der Waals surface area contributed by atoms with Crippen molar-refractivity contribution in [3.8, 4) is 50.9 Å². The van der Waals surface area contributed by atoms with Crippen LogP contribution in [0.15, 0.2) is 158 Å². The van der Waals surface area contributed by atoms with Crippen LogP contribution in [-0.4, -0.2) is 19.1 Å². The third-order valence-electron chi connectivity index (χ3n) is 11.7. The summed E-state index contributed by atoms with van der Waals surface area (Å²) in [6.45, 7) is 18.8. The molecule has 338 valence electrons. The standard InChI is InChI=1S/C60H55N5O.Pt/c1-58(2,3)38-40-29-31-61-55(32-40)65-52-25-14-13-22-50(52)51-28-27-47(37-54(51)65)66-46-21-15-20-45(36-46)63-39-64(57-53(63)26-17-30-62-57)56-48(41-18-11-10-12-19-41)23-16-24-49(56)42-33-43(59(4,5)6)35-44(34-42)60(7,8)9;/h10-35H,38H2,1-9H3;/q-2;/i10D,11D,12D,18D,19D,38D2;. The van der Waals surface area contributed by atoms with Crippen molar-refractivity contribution in [2.75, 3.05) is 0 Å². The van der Waals surface area contributed by atoms with Crippen LogP contribution >= 0.6 is 0 Å². The Labute approximate surface area is 419 Å². The number of hydrogen-bond donors (Lipinski definition) is 0. The molecule has 0 N–H and O–H groups in total. The van der Waals surface area contributed by atoms with E-state index in [1.807, 2.05) is 113 Å². The Morgan fingerprint density at radius 1 is 0.642 bits per heavy atom. The van der Waals surface area contributed by atoms with Gasteiger partial charge in [-0.1, -0.05) is 164 Å². The van der Waals surface area contributed by atoms with Crippen LogP contribution in [0.2, 0.25) is 0 Å². The summed E-state index contributed by atoms with van der Waals surface area (Å²) >= 11 is 0. The molecule has 4 aromatic heterocycles. The molecule has 6 nitrogen and oxygen atoms in total. The predicted octanol–water partition coefficient (Wildman–Crippen LogP) is 14.5. The van der Waals surface area contributed by atoms with Gasteiger partial charge in [0.15, 0.2) is 6.33 Å². The Morgan fingerprint density at radius 3 is 2.06 bits per heavy atom. The number of para-hydroxylation sites is 2. The van der Waals surface area contributed by atoms with Crippen LogP contribution in [0.4, 0.5) is 0 Å². The molecule has 0 aliphatic rings. The number of ether oxygens (including phenoxy) is 1. The number of rotatable bonds is 8. The average molecular weight is 1060 g/mol. The maximum atomic E-state index is 9.18. The van der Waals surface area contributed by atoms with E-state index in [-0.39, 0.29) is 49.5 Å². The molecule has 7 heteroatoms. The molecule has 0 spiro atoms. The van der Waals surface area contributed by atoms with Crippen molar-refractivity contribution < 1.29 is 40.0 Å². The molecular weight excluding hydrogens is 1000 g/mol. The van der Waals surface area contributed by atoms with Gasteiger partial charge in [-0.15, -0.1) is 29.7 Å². The second kappa shape index (κ2) is 17.6. The van der Waals surface area contributed by atoms with E-state index in [2.05, 4.69) is 84.3 Å². The van der Waals surface area contributed by atoms with Gasteiger partial charge in [-0.25, -0.2) is 4.98 Å². The predicted molar refractivity (Wildman–Crippen MR) is 269 cm³/mol. The van der Waals surface area contributed by atoms with Crippen molar-refractivity contribution in [1.29, 1.82) is 0 Å². The van der Waals surface area contributed by atoms with Gasteiger partial charge >= 0.3 is 0 Å². The van der Waals surface area contributed by atoms with Crippen molar-refractivity contribution in [1.82, 2.24) is 19.1 Å². The summed E-state index contributed by atoms with van der Waals surface area (Å²) in [6.07, 6.45) is 5.29. The maximum Gasteiger partial charge on any atom is 0.207 e.